The second-order valence-corrected chi connectivity index (χ2v) is 13.4. The molecule has 5 amide bonds. The van der Waals surface area contributed by atoms with E-state index in [-0.39, 0.29) is 73.7 Å². The van der Waals surface area contributed by atoms with Crippen LogP contribution in [-0.4, -0.2) is 72.7 Å². The molecule has 19 nitrogen and oxygen atoms in total. The van der Waals surface area contributed by atoms with Gasteiger partial charge in [0.05, 0.1) is 38.7 Å². The highest BCUT2D eigenvalue weighted by atomic mass is 35.5. The molecule has 0 saturated heterocycles. The van der Waals surface area contributed by atoms with Crippen LogP contribution in [0.5, 0.6) is 11.5 Å². The molecule has 9 rings (SSSR count). The standard InChI is InChI=1S/C21H16N6O4S.C16H14N6O3.ClH/c28-16-9-31-14-4-3-11(6-12(14)26-16)7-23-21(30)19-18-17(24-10-25-19)13(8-22-18)27-20(29)15-2-1-5-32-15;17-9-5-18-14-13(9)20-7-21-15(14)16(24)19-4-8-1-2-11-10(3-8)22-12(23)6-25-11;/h1-6,8,10,22H,7,9H2,(H,23,30)(H,26,28)(H,27,29);1-3,5,7,18H,4,6,17H2,(H,19,24)(H,22,23);1H. The summed E-state index contributed by atoms with van der Waals surface area (Å²) in [7, 11) is 0. The van der Waals surface area contributed by atoms with Crippen LogP contribution in [0.3, 0.4) is 0 Å². The van der Waals surface area contributed by atoms with Crippen molar-refractivity contribution in [1.82, 2.24) is 40.5 Å². The normalized spacial score (nSPS) is 12.6. The number of nitrogens with zero attached hydrogens (tertiary/aromatic N) is 4. The van der Waals surface area contributed by atoms with Gasteiger partial charge in [0.25, 0.3) is 29.5 Å². The first-order valence-electron chi connectivity index (χ1n) is 17.1. The summed E-state index contributed by atoms with van der Waals surface area (Å²) < 4.78 is 10.6. The Morgan fingerprint density at radius 1 is 0.724 bits per heavy atom. The van der Waals surface area contributed by atoms with Gasteiger partial charge in [-0.3, -0.25) is 24.0 Å². The lowest BCUT2D eigenvalue weighted by atomic mass is 10.1. The number of hydrogen-bond donors (Lipinski definition) is 8. The first kappa shape index (κ1) is 38.7. The van der Waals surface area contributed by atoms with Gasteiger partial charge >= 0.3 is 0 Å². The van der Waals surface area contributed by atoms with Crippen molar-refractivity contribution in [2.45, 2.75) is 13.1 Å². The highest BCUT2D eigenvalue weighted by Crippen LogP contribution is 2.30. The van der Waals surface area contributed by atoms with Crippen molar-refractivity contribution < 1.29 is 33.4 Å². The van der Waals surface area contributed by atoms with Crippen molar-refractivity contribution in [1.29, 1.82) is 0 Å². The van der Waals surface area contributed by atoms with Gasteiger partial charge in [-0.05, 0) is 46.8 Å². The molecule has 7 heterocycles. The number of ether oxygens (including phenoxy) is 2. The summed E-state index contributed by atoms with van der Waals surface area (Å²) in [6.45, 7) is 0.477. The Kier molecular flexibility index (Phi) is 11.1. The number of carbonyl (C=O) groups is 5. The number of hydrogen-bond acceptors (Lipinski definition) is 13. The molecular weight excluding hydrogens is 792 g/mol. The maximum Gasteiger partial charge on any atom is 0.272 e. The van der Waals surface area contributed by atoms with Gasteiger partial charge in [-0.1, -0.05) is 18.2 Å². The van der Waals surface area contributed by atoms with Gasteiger partial charge in [0.2, 0.25) is 0 Å². The summed E-state index contributed by atoms with van der Waals surface area (Å²) in [5.74, 6) is -0.262. The number of thiophene rings is 1. The molecule has 0 saturated carbocycles. The number of aromatic nitrogens is 6. The fourth-order valence-electron chi connectivity index (χ4n) is 5.94. The number of fused-ring (bicyclic) bond motifs is 4. The number of H-pyrrole nitrogens is 2. The number of carbonyl (C=O) groups excluding carboxylic acids is 5. The van der Waals surface area contributed by atoms with Crippen molar-refractivity contribution >= 4 is 98.1 Å². The van der Waals surface area contributed by atoms with Crippen LogP contribution in [0.4, 0.5) is 22.7 Å². The zero-order valence-corrected chi connectivity index (χ0v) is 31.5. The Hall–Kier alpha value is -7.58. The topological polar surface area (TPSA) is 273 Å². The molecule has 0 aliphatic carbocycles. The van der Waals surface area contributed by atoms with Crippen LogP contribution in [0.2, 0.25) is 0 Å². The van der Waals surface area contributed by atoms with E-state index in [0.717, 1.165) is 11.1 Å². The van der Waals surface area contributed by atoms with Gasteiger partial charge in [-0.15, -0.1) is 23.7 Å². The molecule has 2 aliphatic rings. The molecule has 9 N–H and O–H groups in total. The molecule has 2 aromatic carbocycles. The monoisotopic (exact) mass is 822 g/mol. The number of rotatable bonds is 8. The van der Waals surface area contributed by atoms with Crippen LogP contribution in [-0.2, 0) is 22.7 Å². The summed E-state index contributed by atoms with van der Waals surface area (Å²) >= 11 is 1.33. The largest absolute Gasteiger partial charge is 0.482 e. The van der Waals surface area contributed by atoms with Crippen LogP contribution in [0.25, 0.3) is 22.1 Å². The molecule has 0 unspecified atom stereocenters. The average molecular weight is 823 g/mol. The fourth-order valence-corrected chi connectivity index (χ4v) is 6.56. The lowest BCUT2D eigenvalue weighted by Gasteiger charge is -2.18. The minimum Gasteiger partial charge on any atom is -0.482 e. The number of halogens is 1. The quantitative estimate of drug-likeness (QED) is 0.109. The minimum atomic E-state index is -0.409. The number of aromatic amines is 2. The van der Waals surface area contributed by atoms with E-state index in [0.29, 0.717) is 61.2 Å². The van der Waals surface area contributed by atoms with E-state index in [4.69, 9.17) is 15.2 Å². The summed E-state index contributed by atoms with van der Waals surface area (Å²) in [6, 6.07) is 14.1. The molecule has 58 heavy (non-hydrogen) atoms. The number of nitrogens with one attached hydrogen (secondary N) is 7. The lowest BCUT2D eigenvalue weighted by Crippen LogP contribution is -2.26. The van der Waals surface area contributed by atoms with E-state index in [1.54, 1.807) is 54.9 Å². The van der Waals surface area contributed by atoms with Gasteiger partial charge < -0.3 is 51.8 Å². The Bertz CT molecular complexity index is 2720. The molecule has 5 aromatic heterocycles. The molecule has 21 heteroatoms. The maximum absolute atomic E-state index is 12.8. The summed E-state index contributed by atoms with van der Waals surface area (Å²) in [4.78, 5) is 83.3. The highest BCUT2D eigenvalue weighted by molar-refractivity contribution is 7.12. The Labute approximate surface area is 337 Å². The summed E-state index contributed by atoms with van der Waals surface area (Å²) in [5, 5.41) is 15.7. The number of amides is 5. The Morgan fingerprint density at radius 2 is 1.28 bits per heavy atom. The SMILES string of the molecule is Cl.Nc1c[nH]c2c(C(=O)NCc3ccc4c(c3)NC(=O)CO4)ncnc12.O=C1COc2ccc(CNC(=O)c3ncnc4c(NC(=O)c5cccs5)c[nH]c34)cc2N1. The van der Waals surface area contributed by atoms with Crippen LogP contribution in [0, 0.1) is 0 Å². The van der Waals surface area contributed by atoms with Crippen LogP contribution in [0.1, 0.15) is 41.8 Å². The van der Waals surface area contributed by atoms with Crippen LogP contribution < -0.4 is 41.8 Å². The van der Waals surface area contributed by atoms with E-state index in [1.807, 2.05) is 11.4 Å². The number of benzene rings is 2. The minimum absolute atomic E-state index is 0. The first-order valence-corrected chi connectivity index (χ1v) is 18.0. The van der Waals surface area contributed by atoms with Crippen molar-refractivity contribution in [3.8, 4) is 11.5 Å². The Balaban J connectivity index is 0.000000179. The zero-order valence-electron chi connectivity index (χ0n) is 29.9. The van der Waals surface area contributed by atoms with Gasteiger partial charge in [-0.2, -0.15) is 0 Å². The number of nitrogen functional groups attached to an aromatic ring is 1. The second kappa shape index (κ2) is 16.6. The van der Waals surface area contributed by atoms with Crippen molar-refractivity contribution in [3.63, 3.8) is 0 Å². The molecule has 0 fully saturated rings. The average Bonchev–Trinajstić information content (AvgIpc) is 4.00. The predicted molar refractivity (Wildman–Crippen MR) is 215 cm³/mol. The highest BCUT2D eigenvalue weighted by Gasteiger charge is 2.21. The fraction of sp³-hybridized carbons (Fsp3) is 0.108. The molecule has 0 spiro atoms. The molecule has 7 aromatic rings. The third-order valence-corrected chi connectivity index (χ3v) is 9.51. The van der Waals surface area contributed by atoms with Crippen LogP contribution >= 0.6 is 23.7 Å². The lowest BCUT2D eigenvalue weighted by molar-refractivity contribution is -0.119. The first-order chi connectivity index (χ1) is 27.7. The number of anilines is 4. The van der Waals surface area contributed by atoms with Gasteiger partial charge in [0, 0.05) is 25.5 Å². The molecule has 0 radical (unpaired) electrons. The maximum atomic E-state index is 12.8. The van der Waals surface area contributed by atoms with E-state index in [1.165, 1.54) is 24.0 Å². The predicted octanol–water partition coefficient (Wildman–Crippen LogP) is 3.76. The Morgan fingerprint density at radius 3 is 1.84 bits per heavy atom. The van der Waals surface area contributed by atoms with E-state index in [2.05, 4.69) is 56.5 Å². The molecular formula is C37H31ClN12O7S. The summed E-state index contributed by atoms with van der Waals surface area (Å²) in [6.07, 6.45) is 5.72. The molecule has 0 atom stereocenters. The van der Waals surface area contributed by atoms with E-state index >= 15 is 0 Å². The molecule has 2 aliphatic heterocycles. The van der Waals surface area contributed by atoms with Crippen LogP contribution in [0.15, 0.2) is 79.0 Å². The van der Waals surface area contributed by atoms with Gasteiger partial charge in [0.15, 0.2) is 24.6 Å². The second-order valence-electron chi connectivity index (χ2n) is 12.5. The summed E-state index contributed by atoms with van der Waals surface area (Å²) in [5.41, 5.74) is 11.7. The van der Waals surface area contributed by atoms with Gasteiger partial charge in [0.1, 0.15) is 35.2 Å². The van der Waals surface area contributed by atoms with Gasteiger partial charge in [-0.25, -0.2) is 19.9 Å². The zero-order chi connectivity index (χ0) is 39.5. The smallest absolute Gasteiger partial charge is 0.272 e. The van der Waals surface area contributed by atoms with Crippen molar-refractivity contribution in [2.75, 3.05) is 34.9 Å². The van der Waals surface area contributed by atoms with E-state index in [9.17, 15) is 24.0 Å². The molecule has 294 valence electrons. The van der Waals surface area contributed by atoms with Crippen molar-refractivity contribution in [3.05, 3.63) is 106 Å². The van der Waals surface area contributed by atoms with Crippen molar-refractivity contribution in [2.24, 2.45) is 0 Å². The third-order valence-electron chi connectivity index (χ3n) is 8.64. The number of nitrogens with two attached hydrogens (primary N) is 1. The third kappa shape index (κ3) is 8.17. The van der Waals surface area contributed by atoms with E-state index < -0.39 is 5.91 Å². The molecule has 0 bridgehead atoms.